The van der Waals surface area contributed by atoms with E-state index in [1.165, 1.54) is 24.3 Å². The van der Waals surface area contributed by atoms with Crippen molar-refractivity contribution < 1.29 is 18.3 Å². The van der Waals surface area contributed by atoms with Crippen LogP contribution in [0, 0.1) is 5.82 Å². The molecule has 0 saturated carbocycles. The van der Waals surface area contributed by atoms with Crippen molar-refractivity contribution in [3.63, 3.8) is 0 Å². The summed E-state index contributed by atoms with van der Waals surface area (Å²) in [6.07, 6.45) is 2.22. The first-order chi connectivity index (χ1) is 15.5. The minimum atomic E-state index is -0.560. The van der Waals surface area contributed by atoms with Crippen LogP contribution in [0.2, 0.25) is 5.02 Å². The third-order valence-corrected chi connectivity index (χ3v) is 6.34. The topological polar surface area (TPSA) is 71.8 Å². The lowest BCUT2D eigenvalue weighted by molar-refractivity contribution is 0.212. The fourth-order valence-corrected chi connectivity index (χ4v) is 4.79. The molecule has 0 radical (unpaired) electrons. The van der Waals surface area contributed by atoms with Crippen LogP contribution in [0.25, 0.3) is 22.1 Å². The normalized spacial score (nSPS) is 19.8. The first kappa shape index (κ1) is 20.8. The molecule has 0 spiro atoms. The second-order valence-electron chi connectivity index (χ2n) is 8.14. The van der Waals surface area contributed by atoms with E-state index in [4.69, 9.17) is 20.8 Å². The smallest absolute Gasteiger partial charge is 0.336 e. The van der Waals surface area contributed by atoms with Gasteiger partial charge in [0.05, 0.1) is 5.02 Å². The molecule has 2 unspecified atom stereocenters. The van der Waals surface area contributed by atoms with Gasteiger partial charge in [0.1, 0.15) is 35.4 Å². The maximum Gasteiger partial charge on any atom is 0.336 e. The minimum Gasteiger partial charge on any atom is -0.486 e. The van der Waals surface area contributed by atoms with Crippen LogP contribution in [0.1, 0.15) is 12.8 Å². The highest BCUT2D eigenvalue weighted by molar-refractivity contribution is 6.33. The molecular formula is C24H20ClFN2O4. The van der Waals surface area contributed by atoms with E-state index in [1.807, 2.05) is 10.8 Å². The van der Waals surface area contributed by atoms with Gasteiger partial charge in [0.25, 0.3) is 0 Å². The summed E-state index contributed by atoms with van der Waals surface area (Å²) in [6.45, 7) is 1.60. The Hall–Kier alpha value is -3.12. The number of nitrogens with zero attached hydrogens (tertiary/aromatic N) is 1. The van der Waals surface area contributed by atoms with Gasteiger partial charge in [-0.2, -0.15) is 0 Å². The fraction of sp³-hybridized carbons (Fsp3) is 0.292. The van der Waals surface area contributed by atoms with Crippen LogP contribution in [0.5, 0.6) is 5.75 Å². The predicted octanol–water partition coefficient (Wildman–Crippen LogP) is 3.78. The Balaban J connectivity index is 1.40. The Labute approximate surface area is 188 Å². The van der Waals surface area contributed by atoms with Crippen LogP contribution in [0.3, 0.4) is 0 Å². The zero-order chi connectivity index (χ0) is 22.2. The van der Waals surface area contributed by atoms with E-state index in [9.17, 15) is 14.0 Å². The Morgan fingerprint density at radius 3 is 2.66 bits per heavy atom. The van der Waals surface area contributed by atoms with Crippen LogP contribution < -0.4 is 15.7 Å². The molecule has 3 heterocycles. The molecule has 5 rings (SSSR count). The molecule has 2 atom stereocenters. The monoisotopic (exact) mass is 454 g/mol. The largest absolute Gasteiger partial charge is 0.486 e. The highest BCUT2D eigenvalue weighted by Crippen LogP contribution is 2.34. The second-order valence-corrected chi connectivity index (χ2v) is 8.55. The molecule has 2 aliphatic heterocycles. The molecule has 32 heavy (non-hydrogen) atoms. The molecule has 2 aliphatic rings. The van der Waals surface area contributed by atoms with Crippen LogP contribution >= 0.6 is 11.6 Å². The van der Waals surface area contributed by atoms with Crippen LogP contribution in [0.15, 0.2) is 57.4 Å². The molecule has 3 aromatic rings. The number of halogens is 2. The molecule has 1 aromatic heterocycles. The summed E-state index contributed by atoms with van der Waals surface area (Å²) < 4.78 is 24.6. The van der Waals surface area contributed by atoms with Crippen molar-refractivity contribution in [3.05, 3.63) is 69.4 Å². The first-order valence-corrected chi connectivity index (χ1v) is 10.8. The summed E-state index contributed by atoms with van der Waals surface area (Å²) in [5.74, 6) is 2.01. The lowest BCUT2D eigenvalue weighted by Gasteiger charge is -2.34. The zero-order valence-electron chi connectivity index (χ0n) is 17.1. The van der Waals surface area contributed by atoms with Gasteiger partial charge in [-0.15, -0.1) is 0 Å². The average Bonchev–Trinajstić information content (AvgIpc) is 3.11. The van der Waals surface area contributed by atoms with Crippen LogP contribution in [0.4, 0.5) is 4.39 Å². The van der Waals surface area contributed by atoms with Gasteiger partial charge in [0.15, 0.2) is 0 Å². The lowest BCUT2D eigenvalue weighted by Crippen LogP contribution is -2.51. The molecule has 8 heteroatoms. The maximum atomic E-state index is 13.5. The summed E-state index contributed by atoms with van der Waals surface area (Å²) in [7, 11) is 0. The highest BCUT2D eigenvalue weighted by atomic mass is 35.5. The number of benzene rings is 2. The Kier molecular flexibility index (Phi) is 5.47. The quantitative estimate of drug-likeness (QED) is 0.467. The molecule has 1 N–H and O–H groups in total. The summed E-state index contributed by atoms with van der Waals surface area (Å²) in [6, 6.07) is 11.2. The number of carbonyl (C=O) groups excluding carboxylic acids is 1. The van der Waals surface area contributed by atoms with Crippen molar-refractivity contribution in [1.82, 2.24) is 10.2 Å². The van der Waals surface area contributed by atoms with Gasteiger partial charge >= 0.3 is 5.63 Å². The van der Waals surface area contributed by atoms with E-state index >= 15 is 0 Å². The van der Waals surface area contributed by atoms with E-state index in [2.05, 4.69) is 5.32 Å². The van der Waals surface area contributed by atoms with Gasteiger partial charge in [-0.1, -0.05) is 11.6 Å². The number of hydrogen-bond donors (Lipinski definition) is 1. The number of ether oxygens (including phenoxy) is 1. The van der Waals surface area contributed by atoms with Gasteiger partial charge < -0.3 is 19.4 Å². The van der Waals surface area contributed by atoms with Crippen LogP contribution in [-0.4, -0.2) is 42.6 Å². The van der Waals surface area contributed by atoms with E-state index in [0.29, 0.717) is 45.6 Å². The molecule has 0 aliphatic carbocycles. The molecule has 2 aromatic carbocycles. The van der Waals surface area contributed by atoms with Crippen molar-refractivity contribution in [1.29, 1.82) is 0 Å². The second kappa shape index (κ2) is 8.43. The van der Waals surface area contributed by atoms with Gasteiger partial charge in [-0.3, -0.25) is 0 Å². The summed E-state index contributed by atoms with van der Waals surface area (Å²) >= 11 is 6.20. The SMILES string of the molecule is O=C=C(COc1ccc2c(-c3ccc(F)cc3Cl)cc(=O)oc2c1)N1CC2CCC(C1)N2. The van der Waals surface area contributed by atoms with E-state index < -0.39 is 11.4 Å². The molecule has 2 bridgehead atoms. The van der Waals surface area contributed by atoms with Gasteiger partial charge in [0.2, 0.25) is 0 Å². The first-order valence-electron chi connectivity index (χ1n) is 10.4. The third kappa shape index (κ3) is 4.02. The summed E-state index contributed by atoms with van der Waals surface area (Å²) in [4.78, 5) is 25.8. The number of nitrogens with one attached hydrogen (secondary N) is 1. The molecule has 2 saturated heterocycles. The molecule has 164 valence electrons. The summed E-state index contributed by atoms with van der Waals surface area (Å²) in [5.41, 5.74) is 1.28. The van der Waals surface area contributed by atoms with Gasteiger partial charge in [0, 0.05) is 53.8 Å². The van der Waals surface area contributed by atoms with Crippen molar-refractivity contribution >= 4 is 28.5 Å². The van der Waals surface area contributed by atoms with Crippen molar-refractivity contribution in [2.24, 2.45) is 0 Å². The van der Waals surface area contributed by atoms with E-state index in [1.54, 1.807) is 18.2 Å². The number of rotatable bonds is 5. The maximum absolute atomic E-state index is 13.5. The minimum absolute atomic E-state index is 0.0716. The molecular weight excluding hydrogens is 435 g/mol. The zero-order valence-corrected chi connectivity index (χ0v) is 17.8. The standard InChI is InChI=1S/C24H20ClFN2O4/c25-22-7-14(26)1-5-19(22)21-9-24(30)32-23-8-18(4-6-20(21)23)31-13-17(12-29)28-10-15-2-3-16(11-28)27-15/h1,4-9,15-16,27H,2-3,10-11,13H2. The van der Waals surface area contributed by atoms with Crippen molar-refractivity contribution in [3.8, 4) is 16.9 Å². The average molecular weight is 455 g/mol. The Morgan fingerprint density at radius 2 is 1.94 bits per heavy atom. The Bertz CT molecular complexity index is 1290. The summed E-state index contributed by atoms with van der Waals surface area (Å²) in [5, 5.41) is 4.36. The molecule has 0 amide bonds. The Morgan fingerprint density at radius 1 is 1.16 bits per heavy atom. The van der Waals surface area contributed by atoms with Crippen molar-refractivity contribution in [2.45, 2.75) is 24.9 Å². The number of hydrogen-bond acceptors (Lipinski definition) is 6. The third-order valence-electron chi connectivity index (χ3n) is 6.03. The highest BCUT2D eigenvalue weighted by Gasteiger charge is 2.33. The number of fused-ring (bicyclic) bond motifs is 3. The number of piperazine rings is 1. The van der Waals surface area contributed by atoms with Crippen molar-refractivity contribution in [2.75, 3.05) is 19.7 Å². The van der Waals surface area contributed by atoms with Crippen LogP contribution in [-0.2, 0) is 4.79 Å². The lowest BCUT2D eigenvalue weighted by atomic mass is 10.0. The van der Waals surface area contributed by atoms with Gasteiger partial charge in [-0.25, -0.2) is 14.0 Å². The fourth-order valence-electron chi connectivity index (χ4n) is 4.52. The van der Waals surface area contributed by atoms with Gasteiger partial charge in [-0.05, 0) is 43.2 Å². The molecule has 2 fully saturated rings. The van der Waals surface area contributed by atoms with E-state index in [-0.39, 0.29) is 11.6 Å². The number of likely N-dealkylation sites (tertiary alicyclic amines) is 1. The van der Waals surface area contributed by atoms with E-state index in [0.717, 1.165) is 25.9 Å². The molecule has 6 nitrogen and oxygen atoms in total. The predicted molar refractivity (Wildman–Crippen MR) is 119 cm³/mol.